The smallest absolute Gasteiger partial charge is 0.379 e. The number of amidine groups is 1. The first-order chi connectivity index (χ1) is 8.42. The Hall–Kier alpha value is -1.29. The van der Waals surface area contributed by atoms with Crippen molar-refractivity contribution in [3.63, 3.8) is 0 Å². The predicted molar refractivity (Wildman–Crippen MR) is 48.7 cm³/mol. The van der Waals surface area contributed by atoms with Crippen molar-refractivity contribution in [2.45, 2.75) is 30.6 Å². The summed E-state index contributed by atoms with van der Waals surface area (Å²) in [7, 11) is 0. The molecule has 0 aromatic rings. The highest BCUT2D eigenvalue weighted by molar-refractivity contribution is 5.81. The van der Waals surface area contributed by atoms with Crippen LogP contribution in [0.25, 0.3) is 0 Å². The van der Waals surface area contributed by atoms with Crippen LogP contribution in [0, 0.1) is 0 Å². The zero-order valence-corrected chi connectivity index (χ0v) is 9.19. The number of nitrogens with two attached hydrogens (primary N) is 1. The lowest BCUT2D eigenvalue weighted by Gasteiger charge is -2.33. The summed E-state index contributed by atoms with van der Waals surface area (Å²) in [6.07, 6.45) is -4.92. The first kappa shape index (κ1) is 15.8. The molecule has 0 aromatic carbocycles. The van der Waals surface area contributed by atoms with Crippen LogP contribution >= 0.6 is 0 Å². The molecule has 0 amide bonds. The first-order valence-corrected chi connectivity index (χ1v) is 4.91. The van der Waals surface area contributed by atoms with Crippen LogP contribution in [0.1, 0.15) is 6.42 Å². The molecule has 0 saturated carbocycles. The van der Waals surface area contributed by atoms with E-state index in [2.05, 4.69) is 5.10 Å². The Kier molecular flexibility index (Phi) is 3.88. The molecule has 2 N–H and O–H groups in total. The topological polar surface area (TPSA) is 41.6 Å². The van der Waals surface area contributed by atoms with E-state index in [0.717, 1.165) is 0 Å². The molecule has 1 aliphatic rings. The van der Waals surface area contributed by atoms with Crippen molar-refractivity contribution in [2.24, 2.45) is 10.8 Å². The molecule has 0 aliphatic carbocycles. The van der Waals surface area contributed by atoms with Gasteiger partial charge in [0.05, 0.1) is 0 Å². The maximum absolute atomic E-state index is 13.1. The Bertz CT molecular complexity index is 367. The van der Waals surface area contributed by atoms with E-state index in [-0.39, 0.29) is 18.8 Å². The number of hydrazone groups is 1. The fourth-order valence-electron chi connectivity index (χ4n) is 1.35. The molecule has 0 unspecified atom stereocenters. The molecular formula is C8H9F8N3. The van der Waals surface area contributed by atoms with Crippen molar-refractivity contribution in [3.05, 3.63) is 0 Å². The lowest BCUT2D eigenvalue weighted by molar-refractivity contribution is -0.340. The third kappa shape index (κ3) is 2.68. The van der Waals surface area contributed by atoms with E-state index in [4.69, 9.17) is 5.73 Å². The second kappa shape index (κ2) is 4.67. The number of hydrogen-bond donors (Lipinski definition) is 1. The minimum Gasteiger partial charge on any atom is -0.386 e. The van der Waals surface area contributed by atoms with Gasteiger partial charge in [-0.3, -0.25) is 5.01 Å². The van der Waals surface area contributed by atoms with Crippen molar-refractivity contribution in [3.8, 4) is 0 Å². The SMILES string of the molecule is NC1=NN(CC(F)(F)C(F)(F)C(F)(F)C(F)F)CC1. The molecule has 0 saturated heterocycles. The number of halogens is 8. The van der Waals surface area contributed by atoms with Gasteiger partial charge in [-0.05, 0) is 0 Å². The van der Waals surface area contributed by atoms with Gasteiger partial charge in [-0.15, -0.1) is 0 Å². The van der Waals surface area contributed by atoms with Crippen LogP contribution in [0.5, 0.6) is 0 Å². The number of rotatable bonds is 5. The molecular weight excluding hydrogens is 290 g/mol. The Labute approximate surface area is 102 Å². The van der Waals surface area contributed by atoms with Gasteiger partial charge >= 0.3 is 24.2 Å². The highest BCUT2D eigenvalue weighted by Gasteiger charge is 2.75. The van der Waals surface area contributed by atoms with Gasteiger partial charge in [-0.2, -0.15) is 31.4 Å². The average Bonchev–Trinajstić information content (AvgIpc) is 2.62. The van der Waals surface area contributed by atoms with E-state index in [0.29, 0.717) is 5.01 Å². The molecule has 1 rings (SSSR count). The molecule has 0 spiro atoms. The van der Waals surface area contributed by atoms with Crippen LogP contribution in [0.3, 0.4) is 0 Å². The summed E-state index contributed by atoms with van der Waals surface area (Å²) in [6, 6.07) is 0. The van der Waals surface area contributed by atoms with Crippen molar-refractivity contribution < 1.29 is 35.1 Å². The quantitative estimate of drug-likeness (QED) is 0.790. The molecule has 1 aliphatic heterocycles. The van der Waals surface area contributed by atoms with E-state index in [1.54, 1.807) is 0 Å². The summed E-state index contributed by atoms with van der Waals surface area (Å²) in [5.74, 6) is -17.9. The monoisotopic (exact) mass is 299 g/mol. The van der Waals surface area contributed by atoms with Gasteiger partial charge in [0.1, 0.15) is 12.4 Å². The van der Waals surface area contributed by atoms with E-state index in [1.807, 2.05) is 0 Å². The van der Waals surface area contributed by atoms with E-state index >= 15 is 0 Å². The zero-order valence-electron chi connectivity index (χ0n) is 9.19. The molecule has 3 nitrogen and oxygen atoms in total. The Morgan fingerprint density at radius 1 is 1.16 bits per heavy atom. The standard InChI is InChI=1S/C8H9F8N3/c9-5(10)7(13,14)8(15,16)6(11,12)3-19-2-1-4(17)18-19/h5H,1-3H2,(H2,17,18). The Morgan fingerprint density at radius 3 is 2.05 bits per heavy atom. The van der Waals surface area contributed by atoms with Crippen LogP contribution in [-0.2, 0) is 0 Å². The molecule has 0 fully saturated rings. The third-order valence-corrected chi connectivity index (χ3v) is 2.43. The van der Waals surface area contributed by atoms with E-state index in [9.17, 15) is 35.1 Å². The summed E-state index contributed by atoms with van der Waals surface area (Å²) in [5, 5.41) is 3.53. The molecule has 0 aromatic heterocycles. The highest BCUT2D eigenvalue weighted by Crippen LogP contribution is 2.48. The number of alkyl halides is 8. The maximum atomic E-state index is 13.1. The zero-order chi connectivity index (χ0) is 15.1. The summed E-state index contributed by atoms with van der Waals surface area (Å²) in [5.41, 5.74) is 5.09. The Balaban J connectivity index is 2.92. The van der Waals surface area contributed by atoms with Gasteiger partial charge in [0, 0.05) is 13.0 Å². The molecule has 11 heteroatoms. The first-order valence-electron chi connectivity index (χ1n) is 4.91. The number of nitrogens with zero attached hydrogens (tertiary/aromatic N) is 2. The van der Waals surface area contributed by atoms with Gasteiger partial charge in [0.2, 0.25) is 0 Å². The molecule has 112 valence electrons. The van der Waals surface area contributed by atoms with Crippen LogP contribution in [0.2, 0.25) is 0 Å². The van der Waals surface area contributed by atoms with E-state index < -0.39 is 30.7 Å². The van der Waals surface area contributed by atoms with Crippen molar-refractivity contribution in [2.75, 3.05) is 13.1 Å². The van der Waals surface area contributed by atoms with Crippen molar-refractivity contribution in [1.29, 1.82) is 0 Å². The normalized spacial score (nSPS) is 18.2. The van der Waals surface area contributed by atoms with Crippen molar-refractivity contribution in [1.82, 2.24) is 5.01 Å². The second-order valence-corrected chi connectivity index (χ2v) is 3.93. The van der Waals surface area contributed by atoms with Crippen molar-refractivity contribution >= 4 is 5.84 Å². The fraction of sp³-hybridized carbons (Fsp3) is 0.875. The maximum Gasteiger partial charge on any atom is 0.379 e. The van der Waals surface area contributed by atoms with Gasteiger partial charge in [0.15, 0.2) is 0 Å². The fourth-order valence-corrected chi connectivity index (χ4v) is 1.35. The van der Waals surface area contributed by atoms with Gasteiger partial charge in [-0.25, -0.2) is 8.78 Å². The van der Waals surface area contributed by atoms with E-state index in [1.165, 1.54) is 0 Å². The largest absolute Gasteiger partial charge is 0.386 e. The molecule has 19 heavy (non-hydrogen) atoms. The minimum absolute atomic E-state index is 0.00705. The molecule has 0 atom stereocenters. The Morgan fingerprint density at radius 2 is 1.68 bits per heavy atom. The van der Waals surface area contributed by atoms with Gasteiger partial charge in [0.25, 0.3) is 0 Å². The summed E-state index contributed by atoms with van der Waals surface area (Å²) in [4.78, 5) is 0. The molecule has 0 radical (unpaired) electrons. The lowest BCUT2D eigenvalue weighted by atomic mass is 10.0. The second-order valence-electron chi connectivity index (χ2n) is 3.93. The summed E-state index contributed by atoms with van der Waals surface area (Å²) < 4.78 is 101. The predicted octanol–water partition coefficient (Wildman–Crippen LogP) is 2.14. The highest BCUT2D eigenvalue weighted by atomic mass is 19.4. The lowest BCUT2D eigenvalue weighted by Crippen LogP contribution is -2.60. The summed E-state index contributed by atoms with van der Waals surface area (Å²) in [6.45, 7) is -2.21. The van der Waals surface area contributed by atoms with Crippen LogP contribution in [0.15, 0.2) is 5.10 Å². The summed E-state index contributed by atoms with van der Waals surface area (Å²) >= 11 is 0. The third-order valence-electron chi connectivity index (χ3n) is 2.43. The number of hydrogen-bond acceptors (Lipinski definition) is 3. The average molecular weight is 299 g/mol. The van der Waals surface area contributed by atoms with Crippen LogP contribution in [-0.4, -0.2) is 48.1 Å². The molecule has 1 heterocycles. The van der Waals surface area contributed by atoms with Gasteiger partial charge < -0.3 is 5.73 Å². The minimum atomic E-state index is -6.21. The van der Waals surface area contributed by atoms with Crippen LogP contribution < -0.4 is 5.73 Å². The molecule has 0 bridgehead atoms. The van der Waals surface area contributed by atoms with Crippen LogP contribution in [0.4, 0.5) is 35.1 Å². The van der Waals surface area contributed by atoms with Gasteiger partial charge in [-0.1, -0.05) is 0 Å².